The minimum Gasteiger partial charge on any atom is -0.490 e. The minimum absolute atomic E-state index is 0.0361. The highest BCUT2D eigenvalue weighted by molar-refractivity contribution is 6.30. The topological polar surface area (TPSA) is 74.7 Å². The van der Waals surface area contributed by atoms with Gasteiger partial charge in [0.2, 0.25) is 5.91 Å². The maximum atomic E-state index is 11.7. The predicted octanol–water partition coefficient (Wildman–Crippen LogP) is 4.82. The van der Waals surface area contributed by atoms with Crippen molar-refractivity contribution in [2.75, 3.05) is 19.7 Å². The van der Waals surface area contributed by atoms with Crippen LogP contribution in [0.5, 0.6) is 5.75 Å². The molecule has 1 aliphatic heterocycles. The van der Waals surface area contributed by atoms with Gasteiger partial charge in [-0.05, 0) is 42.5 Å². The van der Waals surface area contributed by atoms with Crippen molar-refractivity contribution in [3.05, 3.63) is 70.0 Å². The second-order valence-electron chi connectivity index (χ2n) is 8.83. The number of carbonyl (C=O) groups excluding carboxylic acids is 1. The summed E-state index contributed by atoms with van der Waals surface area (Å²) in [6.07, 6.45) is 10.3. The average molecular weight is 482 g/mol. The second kappa shape index (κ2) is 11.5. The molecule has 7 heteroatoms. The number of carbonyl (C=O) groups is 1. The van der Waals surface area contributed by atoms with Crippen LogP contribution >= 0.6 is 11.6 Å². The summed E-state index contributed by atoms with van der Waals surface area (Å²) in [5.74, 6) is 0.862. The monoisotopic (exact) mass is 481 g/mol. The minimum atomic E-state index is -0.0455. The van der Waals surface area contributed by atoms with Crippen LogP contribution < -0.4 is 10.1 Å². The summed E-state index contributed by atoms with van der Waals surface area (Å²) in [7, 11) is 0. The molecule has 1 saturated carbocycles. The number of amides is 1. The first kappa shape index (κ1) is 24.3. The lowest BCUT2D eigenvalue weighted by Gasteiger charge is -2.32. The number of nitrogens with zero attached hydrogens (tertiary/aromatic N) is 2. The molecule has 0 bridgehead atoms. The van der Waals surface area contributed by atoms with Crippen LogP contribution in [0.15, 0.2) is 48.2 Å². The van der Waals surface area contributed by atoms with Gasteiger partial charge in [-0.3, -0.25) is 9.78 Å². The average Bonchev–Trinajstić information content (AvgIpc) is 2.81. The fourth-order valence-corrected chi connectivity index (χ4v) is 4.38. The molecule has 34 heavy (non-hydrogen) atoms. The van der Waals surface area contributed by atoms with Gasteiger partial charge in [-0.25, -0.2) is 0 Å². The zero-order valence-corrected chi connectivity index (χ0v) is 20.4. The number of aromatic nitrogens is 1. The Hall–Kier alpha value is -2.83. The third-order valence-corrected chi connectivity index (χ3v) is 6.68. The predicted molar refractivity (Wildman–Crippen MR) is 135 cm³/mol. The van der Waals surface area contributed by atoms with Crippen LogP contribution in [-0.2, 0) is 11.3 Å². The quantitative estimate of drug-likeness (QED) is 0.565. The molecule has 2 N–H and O–H groups in total. The van der Waals surface area contributed by atoms with Crippen molar-refractivity contribution in [1.82, 2.24) is 15.2 Å². The van der Waals surface area contributed by atoms with Crippen molar-refractivity contribution in [3.63, 3.8) is 0 Å². The summed E-state index contributed by atoms with van der Waals surface area (Å²) in [6, 6.07) is 9.86. The Bertz CT molecular complexity index is 1050. The lowest BCUT2D eigenvalue weighted by molar-refractivity contribution is -0.130. The van der Waals surface area contributed by atoms with E-state index >= 15 is 0 Å². The van der Waals surface area contributed by atoms with Gasteiger partial charge in [0.1, 0.15) is 11.9 Å². The first-order valence-corrected chi connectivity index (χ1v) is 12.3. The van der Waals surface area contributed by atoms with Crippen LogP contribution in [0.25, 0.3) is 11.8 Å². The Balaban J connectivity index is 1.55. The summed E-state index contributed by atoms with van der Waals surface area (Å²) < 4.78 is 6.43. The summed E-state index contributed by atoms with van der Waals surface area (Å²) in [6.45, 7) is 3.66. The highest BCUT2D eigenvalue weighted by Gasteiger charge is 2.24. The molecular weight excluding hydrogens is 450 g/mol. The molecule has 2 heterocycles. The number of hydrogen-bond acceptors (Lipinski definition) is 5. The second-order valence-corrected chi connectivity index (χ2v) is 9.26. The first-order chi connectivity index (χ1) is 16.5. The van der Waals surface area contributed by atoms with Gasteiger partial charge in [-0.2, -0.15) is 0 Å². The molecule has 0 unspecified atom stereocenters. The number of halogens is 1. The molecular formula is C27H32ClN3O3. The summed E-state index contributed by atoms with van der Waals surface area (Å²) in [5.41, 5.74) is 5.29. The van der Waals surface area contributed by atoms with E-state index in [-0.39, 0.29) is 18.6 Å². The summed E-state index contributed by atoms with van der Waals surface area (Å²) in [5, 5.41) is 13.6. The van der Waals surface area contributed by atoms with Gasteiger partial charge in [0, 0.05) is 62.2 Å². The first-order valence-electron chi connectivity index (χ1n) is 11.9. The maximum absolute atomic E-state index is 11.7. The number of likely N-dealkylation sites (tertiary alicyclic amines) is 1. The molecule has 0 spiro atoms. The number of pyridine rings is 1. The molecule has 2 aliphatic rings. The normalized spacial score (nSPS) is 16.4. The number of aliphatic hydroxyl groups is 1. The Morgan fingerprint density at radius 1 is 1.26 bits per heavy atom. The van der Waals surface area contributed by atoms with Crippen LogP contribution in [0.4, 0.5) is 0 Å². The molecule has 1 saturated heterocycles. The van der Waals surface area contributed by atoms with E-state index in [9.17, 15) is 9.90 Å². The molecule has 4 rings (SSSR count). The van der Waals surface area contributed by atoms with Crippen LogP contribution in [0.3, 0.4) is 0 Å². The summed E-state index contributed by atoms with van der Waals surface area (Å²) in [4.78, 5) is 18.3. The van der Waals surface area contributed by atoms with E-state index in [0.29, 0.717) is 19.6 Å². The van der Waals surface area contributed by atoms with Gasteiger partial charge in [-0.15, -0.1) is 0 Å². The van der Waals surface area contributed by atoms with E-state index in [1.54, 1.807) is 13.0 Å². The SMILES string of the molecule is CC(=O)N1CCC(Oc2cc(C(NCc3ccc(Cl)cc3)=C3CCC3)ncc2/C=C/CO)CC1. The molecule has 0 atom stereocenters. The van der Waals surface area contributed by atoms with E-state index in [0.717, 1.165) is 59.0 Å². The van der Waals surface area contributed by atoms with Crippen molar-refractivity contribution >= 4 is 29.3 Å². The molecule has 1 aliphatic carbocycles. The van der Waals surface area contributed by atoms with Crippen molar-refractivity contribution in [2.24, 2.45) is 0 Å². The van der Waals surface area contributed by atoms with Gasteiger partial charge in [0.15, 0.2) is 0 Å². The fraction of sp³-hybridized carbons (Fsp3) is 0.407. The summed E-state index contributed by atoms with van der Waals surface area (Å²) >= 11 is 6.03. The lowest BCUT2D eigenvalue weighted by atomic mass is 9.89. The van der Waals surface area contributed by atoms with Crippen molar-refractivity contribution in [2.45, 2.75) is 51.7 Å². The van der Waals surface area contributed by atoms with Crippen LogP contribution in [0.2, 0.25) is 5.02 Å². The smallest absolute Gasteiger partial charge is 0.219 e. The number of hydrogen-bond donors (Lipinski definition) is 2. The van der Waals surface area contributed by atoms with Gasteiger partial charge in [0.25, 0.3) is 0 Å². The fourth-order valence-electron chi connectivity index (χ4n) is 4.25. The standard InChI is InChI=1S/C27H32ClN3O3/c1-19(33)31-13-11-24(12-14-31)34-26-16-25(29-18-22(26)6-3-15-32)27(21-4-2-5-21)30-17-20-7-9-23(28)10-8-20/h3,6-10,16,18,24,30,32H,2,4-5,11-15,17H2,1H3/b6-3+. The van der Waals surface area contributed by atoms with Gasteiger partial charge in [0.05, 0.1) is 18.0 Å². The van der Waals surface area contributed by atoms with Crippen LogP contribution in [-0.4, -0.2) is 46.7 Å². The highest BCUT2D eigenvalue weighted by atomic mass is 35.5. The van der Waals surface area contributed by atoms with E-state index < -0.39 is 0 Å². The number of benzene rings is 1. The number of piperidine rings is 1. The highest BCUT2D eigenvalue weighted by Crippen LogP contribution is 2.34. The molecule has 180 valence electrons. The molecule has 1 aromatic heterocycles. The van der Waals surface area contributed by atoms with E-state index in [4.69, 9.17) is 21.3 Å². The van der Waals surface area contributed by atoms with Gasteiger partial charge in [-0.1, -0.05) is 35.9 Å². The van der Waals surface area contributed by atoms with Crippen LogP contribution in [0.1, 0.15) is 55.8 Å². The number of rotatable bonds is 8. The molecule has 2 fully saturated rings. The molecule has 1 amide bonds. The third-order valence-electron chi connectivity index (χ3n) is 6.43. The Labute approximate surface area is 206 Å². The molecule has 0 radical (unpaired) electrons. The third kappa shape index (κ3) is 6.19. The maximum Gasteiger partial charge on any atom is 0.219 e. The Morgan fingerprint density at radius 2 is 2.00 bits per heavy atom. The largest absolute Gasteiger partial charge is 0.490 e. The Morgan fingerprint density at radius 3 is 2.62 bits per heavy atom. The zero-order chi connectivity index (χ0) is 23.9. The van der Waals surface area contributed by atoms with Crippen molar-refractivity contribution < 1.29 is 14.6 Å². The molecule has 1 aromatic carbocycles. The van der Waals surface area contributed by atoms with E-state index in [1.807, 2.05) is 47.5 Å². The number of ether oxygens (including phenoxy) is 1. The zero-order valence-electron chi connectivity index (χ0n) is 19.6. The van der Waals surface area contributed by atoms with Crippen LogP contribution in [0, 0.1) is 0 Å². The van der Waals surface area contributed by atoms with Gasteiger partial charge >= 0.3 is 0 Å². The number of allylic oxidation sites excluding steroid dienone is 1. The number of aliphatic hydroxyl groups excluding tert-OH is 1. The molecule has 6 nitrogen and oxygen atoms in total. The van der Waals surface area contributed by atoms with Crippen molar-refractivity contribution in [1.29, 1.82) is 0 Å². The Kier molecular flexibility index (Phi) is 8.25. The van der Waals surface area contributed by atoms with E-state index in [1.165, 1.54) is 12.0 Å². The van der Waals surface area contributed by atoms with Crippen molar-refractivity contribution in [3.8, 4) is 5.75 Å². The number of nitrogens with one attached hydrogen (secondary N) is 1. The lowest BCUT2D eigenvalue weighted by Crippen LogP contribution is -2.40. The van der Waals surface area contributed by atoms with Gasteiger partial charge < -0.3 is 20.1 Å². The molecule has 2 aromatic rings. The van der Waals surface area contributed by atoms with E-state index in [2.05, 4.69) is 5.32 Å².